The van der Waals surface area contributed by atoms with Crippen LogP contribution in [0.4, 0.5) is 5.69 Å². The molecule has 0 unspecified atom stereocenters. The van der Waals surface area contributed by atoms with E-state index >= 15 is 0 Å². The summed E-state index contributed by atoms with van der Waals surface area (Å²) in [5, 5.41) is 9.04. The van der Waals surface area contributed by atoms with E-state index in [0.717, 1.165) is 21.8 Å². The predicted octanol–water partition coefficient (Wildman–Crippen LogP) is 2.05. The lowest BCUT2D eigenvalue weighted by atomic mass is 10.1. The third kappa shape index (κ3) is 1.99. The summed E-state index contributed by atoms with van der Waals surface area (Å²) in [6.45, 7) is 1.93. The van der Waals surface area contributed by atoms with Crippen LogP contribution in [0.25, 0.3) is 10.7 Å². The van der Waals surface area contributed by atoms with E-state index < -0.39 is 5.97 Å². The smallest absolute Gasteiger partial charge is 0.348 e. The second-order valence-electron chi connectivity index (χ2n) is 3.38. The van der Waals surface area contributed by atoms with Gasteiger partial charge in [0.1, 0.15) is 4.88 Å². The maximum Gasteiger partial charge on any atom is 0.348 e. The van der Waals surface area contributed by atoms with Crippen molar-refractivity contribution in [2.75, 3.05) is 5.73 Å². The molecule has 0 saturated heterocycles. The van der Waals surface area contributed by atoms with Gasteiger partial charge in [0.05, 0.1) is 10.6 Å². The highest BCUT2D eigenvalue weighted by Crippen LogP contribution is 2.37. The molecule has 0 saturated carbocycles. The molecule has 6 heteroatoms. The molecular weight excluding hydrogens is 238 g/mol. The van der Waals surface area contributed by atoms with E-state index in [1.807, 2.05) is 6.92 Å². The molecule has 2 aromatic rings. The van der Waals surface area contributed by atoms with E-state index in [1.54, 1.807) is 18.5 Å². The van der Waals surface area contributed by atoms with Crippen LogP contribution in [0, 0.1) is 0 Å². The lowest BCUT2D eigenvalue weighted by molar-refractivity contribution is 0.0703. The third-order valence-electron chi connectivity index (χ3n) is 2.36. The van der Waals surface area contributed by atoms with E-state index in [1.165, 1.54) is 0 Å². The summed E-state index contributed by atoms with van der Waals surface area (Å²) in [6, 6.07) is 1.71. The average Bonchev–Trinajstić information content (AvgIpc) is 2.67. The van der Waals surface area contributed by atoms with Gasteiger partial charge in [-0.25, -0.2) is 14.8 Å². The number of thiophene rings is 1. The van der Waals surface area contributed by atoms with E-state index in [0.29, 0.717) is 17.9 Å². The number of hydrogen-bond acceptors (Lipinski definition) is 5. The van der Waals surface area contributed by atoms with Gasteiger partial charge in [-0.05, 0) is 18.1 Å². The molecule has 0 amide bonds. The molecule has 0 fully saturated rings. The van der Waals surface area contributed by atoms with Crippen LogP contribution in [0.1, 0.15) is 22.2 Å². The van der Waals surface area contributed by atoms with E-state index in [9.17, 15) is 4.79 Å². The molecule has 0 aliphatic rings. The van der Waals surface area contributed by atoms with Gasteiger partial charge in [-0.2, -0.15) is 0 Å². The Morgan fingerprint density at radius 1 is 1.47 bits per heavy atom. The zero-order chi connectivity index (χ0) is 12.4. The maximum absolute atomic E-state index is 11.0. The summed E-state index contributed by atoms with van der Waals surface area (Å²) in [4.78, 5) is 20.2. The van der Waals surface area contributed by atoms with Crippen LogP contribution in [0.3, 0.4) is 0 Å². The van der Waals surface area contributed by atoms with E-state index in [4.69, 9.17) is 10.8 Å². The van der Waals surface area contributed by atoms with Crippen LogP contribution in [0.15, 0.2) is 18.5 Å². The van der Waals surface area contributed by atoms with Crippen molar-refractivity contribution in [1.29, 1.82) is 0 Å². The third-order valence-corrected chi connectivity index (χ3v) is 3.60. The molecular formula is C11H11N3O2S. The second kappa shape index (κ2) is 4.50. The quantitative estimate of drug-likeness (QED) is 0.869. The monoisotopic (exact) mass is 249 g/mol. The van der Waals surface area contributed by atoms with Gasteiger partial charge in [0.15, 0.2) is 5.82 Å². The first-order valence-corrected chi connectivity index (χ1v) is 5.88. The number of aromatic nitrogens is 2. The highest BCUT2D eigenvalue weighted by atomic mass is 32.1. The SMILES string of the molecule is CCc1c(-c2ncccn2)sc(C(=O)O)c1N. The maximum atomic E-state index is 11.0. The summed E-state index contributed by atoms with van der Waals surface area (Å²) < 4.78 is 0. The van der Waals surface area contributed by atoms with Gasteiger partial charge < -0.3 is 10.8 Å². The van der Waals surface area contributed by atoms with E-state index in [2.05, 4.69) is 9.97 Å². The standard InChI is InChI=1S/C11H11N3O2S/c1-2-6-7(12)9(11(15)16)17-8(6)10-13-4-3-5-14-10/h3-5H,2,12H2,1H3,(H,15,16). The second-order valence-corrected chi connectivity index (χ2v) is 4.40. The fourth-order valence-electron chi connectivity index (χ4n) is 1.58. The number of hydrogen-bond donors (Lipinski definition) is 2. The zero-order valence-corrected chi connectivity index (χ0v) is 9.99. The molecule has 0 aliphatic heterocycles. The molecule has 2 rings (SSSR count). The number of carboxylic acids is 1. The van der Waals surface area contributed by atoms with Crippen molar-refractivity contribution in [3.05, 3.63) is 28.9 Å². The minimum absolute atomic E-state index is 0.157. The van der Waals surface area contributed by atoms with Crippen molar-refractivity contribution in [2.24, 2.45) is 0 Å². The zero-order valence-electron chi connectivity index (χ0n) is 9.17. The lowest BCUT2D eigenvalue weighted by Crippen LogP contribution is -1.99. The number of anilines is 1. The van der Waals surface area contributed by atoms with Gasteiger partial charge in [-0.3, -0.25) is 0 Å². The number of nitrogens with zero attached hydrogens (tertiary/aromatic N) is 2. The van der Waals surface area contributed by atoms with Gasteiger partial charge >= 0.3 is 5.97 Å². The molecule has 3 N–H and O–H groups in total. The summed E-state index contributed by atoms with van der Waals surface area (Å²) in [5.41, 5.74) is 6.96. The first kappa shape index (κ1) is 11.5. The highest BCUT2D eigenvalue weighted by Gasteiger charge is 2.21. The average molecular weight is 249 g/mol. The molecule has 0 aromatic carbocycles. The summed E-state index contributed by atoms with van der Waals surface area (Å²) in [6.07, 6.45) is 3.90. The molecule has 0 bridgehead atoms. The van der Waals surface area contributed by atoms with Crippen LogP contribution in [-0.2, 0) is 6.42 Å². The van der Waals surface area contributed by atoms with Gasteiger partial charge in [0, 0.05) is 12.4 Å². The van der Waals surface area contributed by atoms with Crippen molar-refractivity contribution >= 4 is 23.0 Å². The Morgan fingerprint density at radius 3 is 2.65 bits per heavy atom. The molecule has 88 valence electrons. The van der Waals surface area contributed by atoms with Crippen molar-refractivity contribution in [2.45, 2.75) is 13.3 Å². The summed E-state index contributed by atoms with van der Waals surface area (Å²) in [7, 11) is 0. The normalized spacial score (nSPS) is 10.4. The fourth-order valence-corrected chi connectivity index (χ4v) is 2.68. The number of nitrogens with two attached hydrogens (primary N) is 1. The Kier molecular flexibility index (Phi) is 3.06. The Bertz CT molecular complexity index is 551. The molecule has 5 nitrogen and oxygen atoms in total. The number of nitrogen functional groups attached to an aromatic ring is 1. The van der Waals surface area contributed by atoms with Crippen LogP contribution >= 0.6 is 11.3 Å². The van der Waals surface area contributed by atoms with Crippen LogP contribution < -0.4 is 5.73 Å². The Labute approximate surface area is 102 Å². The largest absolute Gasteiger partial charge is 0.477 e. The number of carbonyl (C=O) groups is 1. The minimum atomic E-state index is -1.01. The Hall–Kier alpha value is -1.95. The van der Waals surface area contributed by atoms with Crippen molar-refractivity contribution in [3.8, 4) is 10.7 Å². The fraction of sp³-hybridized carbons (Fsp3) is 0.182. The van der Waals surface area contributed by atoms with Gasteiger partial charge in [0.25, 0.3) is 0 Å². The van der Waals surface area contributed by atoms with Crippen molar-refractivity contribution in [1.82, 2.24) is 9.97 Å². The van der Waals surface area contributed by atoms with Gasteiger partial charge in [-0.15, -0.1) is 11.3 Å². The van der Waals surface area contributed by atoms with Crippen LogP contribution in [0.2, 0.25) is 0 Å². The topological polar surface area (TPSA) is 89.1 Å². The molecule has 0 atom stereocenters. The number of carboxylic acid groups (broad SMARTS) is 1. The van der Waals surface area contributed by atoms with Gasteiger partial charge in [-0.1, -0.05) is 6.92 Å². The first-order chi connectivity index (χ1) is 8.15. The summed E-state index contributed by atoms with van der Waals surface area (Å²) in [5.74, 6) is -0.488. The molecule has 2 aromatic heterocycles. The Balaban J connectivity index is 2.62. The lowest BCUT2D eigenvalue weighted by Gasteiger charge is -2.00. The van der Waals surface area contributed by atoms with E-state index in [-0.39, 0.29) is 4.88 Å². The molecule has 2 heterocycles. The van der Waals surface area contributed by atoms with Crippen molar-refractivity contribution < 1.29 is 9.90 Å². The molecule has 17 heavy (non-hydrogen) atoms. The van der Waals surface area contributed by atoms with Crippen LogP contribution in [0.5, 0.6) is 0 Å². The Morgan fingerprint density at radius 2 is 2.12 bits per heavy atom. The van der Waals surface area contributed by atoms with Crippen LogP contribution in [-0.4, -0.2) is 21.0 Å². The molecule has 0 aliphatic carbocycles. The van der Waals surface area contributed by atoms with Gasteiger partial charge in [0.2, 0.25) is 0 Å². The van der Waals surface area contributed by atoms with Crippen molar-refractivity contribution in [3.63, 3.8) is 0 Å². The number of rotatable bonds is 3. The minimum Gasteiger partial charge on any atom is -0.477 e. The molecule has 0 radical (unpaired) electrons. The summed E-state index contributed by atoms with van der Waals surface area (Å²) >= 11 is 1.12. The number of aromatic carboxylic acids is 1. The first-order valence-electron chi connectivity index (χ1n) is 5.07. The predicted molar refractivity (Wildman–Crippen MR) is 66.1 cm³/mol. The highest BCUT2D eigenvalue weighted by molar-refractivity contribution is 7.18. The molecule has 0 spiro atoms.